The quantitative estimate of drug-likeness (QED) is 0.534. The summed E-state index contributed by atoms with van der Waals surface area (Å²) in [5.74, 6) is 0.668. The van der Waals surface area contributed by atoms with Gasteiger partial charge in [0.1, 0.15) is 5.02 Å². The Hall–Kier alpha value is -2.85. The minimum Gasteiger partial charge on any atom is -0.337 e. The molecule has 3 rings (SSSR count). The summed E-state index contributed by atoms with van der Waals surface area (Å²) in [6.45, 7) is 4.64. The lowest BCUT2D eigenvalue weighted by Gasteiger charge is -2.13. The molecule has 0 saturated carbocycles. The lowest BCUT2D eigenvalue weighted by atomic mass is 10.2. The molecule has 0 spiro atoms. The van der Waals surface area contributed by atoms with E-state index >= 15 is 0 Å². The highest BCUT2D eigenvalue weighted by molar-refractivity contribution is 7.92. The molecule has 0 fully saturated rings. The molecule has 0 amide bonds. The van der Waals surface area contributed by atoms with E-state index in [9.17, 15) is 8.42 Å². The van der Waals surface area contributed by atoms with Crippen LogP contribution in [0.4, 0.5) is 28.8 Å². The number of sulfonamides is 1. The summed E-state index contributed by atoms with van der Waals surface area (Å²) in [5, 5.41) is 10.8. The highest BCUT2D eigenvalue weighted by Crippen LogP contribution is 2.29. The predicted octanol–water partition coefficient (Wildman–Crippen LogP) is 3.51. The van der Waals surface area contributed by atoms with Crippen LogP contribution in [0.5, 0.6) is 0 Å². The van der Waals surface area contributed by atoms with Crippen LogP contribution in [0.25, 0.3) is 0 Å². The number of aryl methyl sites for hydroxylation is 2. The van der Waals surface area contributed by atoms with Gasteiger partial charge in [-0.1, -0.05) is 23.7 Å². The van der Waals surface area contributed by atoms with Gasteiger partial charge >= 0.3 is 0 Å². The number of halogens is 1. The third-order valence-electron chi connectivity index (χ3n) is 3.74. The zero-order chi connectivity index (χ0) is 20.3. The predicted molar refractivity (Wildman–Crippen MR) is 111 cm³/mol. The van der Waals surface area contributed by atoms with Crippen LogP contribution in [0.15, 0.2) is 36.7 Å². The molecule has 11 heteroatoms. The first-order chi connectivity index (χ1) is 13.2. The van der Waals surface area contributed by atoms with Gasteiger partial charge in [0.05, 0.1) is 35.2 Å². The molecule has 0 unspecified atom stereocenters. The molecule has 28 heavy (non-hydrogen) atoms. The van der Waals surface area contributed by atoms with Crippen LogP contribution in [-0.2, 0) is 16.6 Å². The highest BCUT2D eigenvalue weighted by atomic mass is 35.5. The van der Waals surface area contributed by atoms with E-state index in [0.29, 0.717) is 28.2 Å². The van der Waals surface area contributed by atoms with Crippen molar-refractivity contribution in [1.29, 1.82) is 0 Å². The first kappa shape index (κ1) is 19.9. The highest BCUT2D eigenvalue weighted by Gasteiger charge is 2.12. The molecule has 0 aliphatic heterocycles. The van der Waals surface area contributed by atoms with E-state index in [2.05, 4.69) is 30.4 Å². The van der Waals surface area contributed by atoms with E-state index in [4.69, 9.17) is 11.6 Å². The second kappa shape index (κ2) is 8.03. The first-order valence-corrected chi connectivity index (χ1v) is 10.7. The summed E-state index contributed by atoms with van der Waals surface area (Å²) in [4.78, 5) is 8.59. The van der Waals surface area contributed by atoms with Crippen LogP contribution < -0.4 is 15.4 Å². The maximum absolute atomic E-state index is 11.6. The van der Waals surface area contributed by atoms with Crippen molar-refractivity contribution in [2.24, 2.45) is 0 Å². The molecule has 2 heterocycles. The standard InChI is InChI=1S/C17H20ClN7O2S/c1-4-25-10-15(11(2)23-25)21-17-19-9-12(18)16(22-17)20-13-7-5-6-8-14(13)24-28(3,26)27/h5-10,24H,4H2,1-3H3,(H2,19,20,21,22). The molecule has 0 bridgehead atoms. The number of hydrogen-bond donors (Lipinski definition) is 3. The van der Waals surface area contributed by atoms with Crippen LogP contribution in [0, 0.1) is 6.92 Å². The van der Waals surface area contributed by atoms with Crippen molar-refractivity contribution >= 4 is 50.5 Å². The number of benzene rings is 1. The lowest BCUT2D eigenvalue weighted by Crippen LogP contribution is -2.11. The van der Waals surface area contributed by atoms with Crippen molar-refractivity contribution in [2.45, 2.75) is 20.4 Å². The van der Waals surface area contributed by atoms with Crippen LogP contribution >= 0.6 is 11.6 Å². The maximum atomic E-state index is 11.6. The minimum absolute atomic E-state index is 0.292. The van der Waals surface area contributed by atoms with Gasteiger partial charge in [-0.25, -0.2) is 13.4 Å². The largest absolute Gasteiger partial charge is 0.337 e. The van der Waals surface area contributed by atoms with Crippen LogP contribution in [0.1, 0.15) is 12.6 Å². The number of nitrogens with one attached hydrogen (secondary N) is 3. The Labute approximate surface area is 168 Å². The van der Waals surface area contributed by atoms with E-state index in [1.54, 1.807) is 28.9 Å². The normalized spacial score (nSPS) is 11.3. The molecule has 3 N–H and O–H groups in total. The molecule has 0 radical (unpaired) electrons. The van der Waals surface area contributed by atoms with E-state index in [0.717, 1.165) is 24.2 Å². The summed E-state index contributed by atoms with van der Waals surface area (Å²) in [6.07, 6.45) is 4.42. The van der Waals surface area contributed by atoms with Gasteiger partial charge in [0.2, 0.25) is 16.0 Å². The molecule has 1 aromatic carbocycles. The van der Waals surface area contributed by atoms with E-state index < -0.39 is 10.0 Å². The Morgan fingerprint density at radius 3 is 2.50 bits per heavy atom. The third-order valence-corrected chi connectivity index (χ3v) is 4.60. The smallest absolute Gasteiger partial charge is 0.229 e. The molecule has 0 aliphatic carbocycles. The number of aromatic nitrogens is 4. The van der Waals surface area contributed by atoms with Gasteiger partial charge in [-0.2, -0.15) is 10.1 Å². The molecule has 9 nitrogen and oxygen atoms in total. The van der Waals surface area contributed by atoms with Crippen molar-refractivity contribution in [3.8, 4) is 0 Å². The molecule has 0 atom stereocenters. The third kappa shape index (κ3) is 4.90. The Kier molecular flexibility index (Phi) is 5.71. The van der Waals surface area contributed by atoms with Gasteiger partial charge in [-0.05, 0) is 26.0 Å². The van der Waals surface area contributed by atoms with Crippen LogP contribution in [-0.4, -0.2) is 34.4 Å². The first-order valence-electron chi connectivity index (χ1n) is 8.42. The fourth-order valence-electron chi connectivity index (χ4n) is 2.45. The zero-order valence-electron chi connectivity index (χ0n) is 15.6. The van der Waals surface area contributed by atoms with Gasteiger partial charge in [0.25, 0.3) is 0 Å². The van der Waals surface area contributed by atoms with Gasteiger partial charge < -0.3 is 10.6 Å². The second-order valence-electron chi connectivity index (χ2n) is 6.04. The molecule has 0 aliphatic rings. The van der Waals surface area contributed by atoms with Crippen molar-refractivity contribution in [2.75, 3.05) is 21.6 Å². The van der Waals surface area contributed by atoms with E-state index in [1.807, 2.05) is 20.0 Å². The Balaban J connectivity index is 1.88. The SMILES string of the molecule is CCn1cc(Nc2ncc(Cl)c(Nc3ccccc3NS(C)(=O)=O)n2)c(C)n1. The minimum atomic E-state index is -3.43. The molecule has 148 valence electrons. The van der Waals surface area contributed by atoms with Crippen LogP contribution in [0.3, 0.4) is 0 Å². The summed E-state index contributed by atoms with van der Waals surface area (Å²) in [6, 6.07) is 6.85. The second-order valence-corrected chi connectivity index (χ2v) is 8.20. The fraction of sp³-hybridized carbons (Fsp3) is 0.235. The van der Waals surface area contributed by atoms with Gasteiger partial charge in [-0.3, -0.25) is 9.40 Å². The summed E-state index contributed by atoms with van der Waals surface area (Å²) in [7, 11) is -3.43. The molecule has 2 aromatic heterocycles. The number of rotatable bonds is 7. The average molecular weight is 422 g/mol. The van der Waals surface area contributed by atoms with Crippen molar-refractivity contribution in [1.82, 2.24) is 19.7 Å². The molecule has 3 aromatic rings. The number of nitrogens with zero attached hydrogens (tertiary/aromatic N) is 4. The number of hydrogen-bond acceptors (Lipinski definition) is 7. The summed E-state index contributed by atoms with van der Waals surface area (Å²) >= 11 is 6.22. The molecular weight excluding hydrogens is 402 g/mol. The molecule has 0 saturated heterocycles. The monoisotopic (exact) mass is 421 g/mol. The summed E-state index contributed by atoms with van der Waals surface area (Å²) in [5.41, 5.74) is 2.50. The van der Waals surface area contributed by atoms with Crippen molar-refractivity contribution < 1.29 is 8.42 Å². The number of para-hydroxylation sites is 2. The number of anilines is 5. The van der Waals surface area contributed by atoms with Gasteiger partial charge in [-0.15, -0.1) is 0 Å². The summed E-state index contributed by atoms with van der Waals surface area (Å²) < 4.78 is 27.4. The fourth-order valence-corrected chi connectivity index (χ4v) is 3.16. The van der Waals surface area contributed by atoms with Crippen molar-refractivity contribution in [3.05, 3.63) is 47.4 Å². The van der Waals surface area contributed by atoms with Crippen LogP contribution in [0.2, 0.25) is 5.02 Å². The Morgan fingerprint density at radius 2 is 1.86 bits per heavy atom. The molecular formula is C17H20ClN7O2S. The maximum Gasteiger partial charge on any atom is 0.229 e. The topological polar surface area (TPSA) is 114 Å². The lowest BCUT2D eigenvalue weighted by molar-refractivity contribution is 0.607. The van der Waals surface area contributed by atoms with Gasteiger partial charge in [0.15, 0.2) is 5.82 Å². The Bertz CT molecular complexity index is 1100. The Morgan fingerprint density at radius 1 is 1.14 bits per heavy atom. The van der Waals surface area contributed by atoms with E-state index in [1.165, 1.54) is 6.20 Å². The van der Waals surface area contributed by atoms with Gasteiger partial charge in [0, 0.05) is 12.7 Å². The van der Waals surface area contributed by atoms with Crippen molar-refractivity contribution in [3.63, 3.8) is 0 Å². The zero-order valence-corrected chi connectivity index (χ0v) is 17.1. The van der Waals surface area contributed by atoms with E-state index in [-0.39, 0.29) is 0 Å². The average Bonchev–Trinajstić information content (AvgIpc) is 2.98.